The SMILES string of the molecule is CCCC(N)C(=O)N(C)CCOCCCOC. The van der Waals surface area contributed by atoms with Gasteiger partial charge in [0.15, 0.2) is 0 Å². The number of hydrogen-bond acceptors (Lipinski definition) is 4. The Labute approximate surface area is 104 Å². The highest BCUT2D eigenvalue weighted by Crippen LogP contribution is 1.98. The summed E-state index contributed by atoms with van der Waals surface area (Å²) in [6, 6.07) is -0.376. The van der Waals surface area contributed by atoms with Crippen molar-refractivity contribution in [3.63, 3.8) is 0 Å². The predicted molar refractivity (Wildman–Crippen MR) is 67.8 cm³/mol. The average molecular weight is 246 g/mol. The number of amides is 1. The third-order valence-corrected chi connectivity index (χ3v) is 2.50. The van der Waals surface area contributed by atoms with Crippen molar-refractivity contribution in [2.75, 3.05) is 40.5 Å². The van der Waals surface area contributed by atoms with Gasteiger partial charge in [-0.3, -0.25) is 4.79 Å². The second kappa shape index (κ2) is 10.5. The molecule has 0 aromatic heterocycles. The molecule has 2 N–H and O–H groups in total. The van der Waals surface area contributed by atoms with Gasteiger partial charge in [0.05, 0.1) is 12.6 Å². The topological polar surface area (TPSA) is 64.8 Å². The maximum Gasteiger partial charge on any atom is 0.239 e. The van der Waals surface area contributed by atoms with E-state index in [0.717, 1.165) is 19.3 Å². The van der Waals surface area contributed by atoms with E-state index in [-0.39, 0.29) is 11.9 Å². The molecule has 0 aliphatic carbocycles. The molecule has 0 radical (unpaired) electrons. The molecule has 0 aromatic rings. The normalized spacial score (nSPS) is 12.5. The molecule has 17 heavy (non-hydrogen) atoms. The van der Waals surface area contributed by atoms with Crippen LogP contribution in [-0.4, -0.2) is 57.4 Å². The second-order valence-electron chi connectivity index (χ2n) is 4.11. The molecular weight excluding hydrogens is 220 g/mol. The zero-order chi connectivity index (χ0) is 13.1. The van der Waals surface area contributed by atoms with Gasteiger partial charge >= 0.3 is 0 Å². The number of carbonyl (C=O) groups excluding carboxylic acids is 1. The van der Waals surface area contributed by atoms with Gasteiger partial charge in [-0.1, -0.05) is 13.3 Å². The molecule has 1 amide bonds. The molecule has 0 saturated carbocycles. The molecule has 0 rings (SSSR count). The maximum absolute atomic E-state index is 11.7. The fourth-order valence-electron chi connectivity index (χ4n) is 1.44. The second-order valence-corrected chi connectivity index (χ2v) is 4.11. The van der Waals surface area contributed by atoms with Crippen LogP contribution in [0.3, 0.4) is 0 Å². The van der Waals surface area contributed by atoms with Gasteiger partial charge in [0.2, 0.25) is 5.91 Å². The number of nitrogens with two attached hydrogens (primary N) is 1. The van der Waals surface area contributed by atoms with E-state index in [9.17, 15) is 4.79 Å². The summed E-state index contributed by atoms with van der Waals surface area (Å²) in [5.41, 5.74) is 5.75. The summed E-state index contributed by atoms with van der Waals surface area (Å²) >= 11 is 0. The molecule has 0 spiro atoms. The first kappa shape index (κ1) is 16.4. The Bertz CT molecular complexity index is 200. The summed E-state index contributed by atoms with van der Waals surface area (Å²) in [4.78, 5) is 13.4. The fraction of sp³-hybridized carbons (Fsp3) is 0.917. The Kier molecular flexibility index (Phi) is 10.1. The van der Waals surface area contributed by atoms with Gasteiger partial charge in [-0.05, 0) is 12.8 Å². The Hall–Kier alpha value is -0.650. The zero-order valence-electron chi connectivity index (χ0n) is 11.3. The van der Waals surface area contributed by atoms with E-state index < -0.39 is 0 Å². The summed E-state index contributed by atoms with van der Waals surface area (Å²) in [6.45, 7) is 4.52. The first-order valence-corrected chi connectivity index (χ1v) is 6.20. The van der Waals surface area contributed by atoms with E-state index in [1.807, 2.05) is 6.92 Å². The largest absolute Gasteiger partial charge is 0.385 e. The third-order valence-electron chi connectivity index (χ3n) is 2.50. The van der Waals surface area contributed by atoms with Gasteiger partial charge in [-0.15, -0.1) is 0 Å². The summed E-state index contributed by atoms with van der Waals surface area (Å²) in [5, 5.41) is 0. The van der Waals surface area contributed by atoms with E-state index in [1.165, 1.54) is 0 Å². The lowest BCUT2D eigenvalue weighted by atomic mass is 10.1. The van der Waals surface area contributed by atoms with Gasteiger partial charge in [-0.25, -0.2) is 0 Å². The Morgan fingerprint density at radius 1 is 1.35 bits per heavy atom. The molecule has 0 aromatic carbocycles. The van der Waals surface area contributed by atoms with Crippen LogP contribution in [0.25, 0.3) is 0 Å². The van der Waals surface area contributed by atoms with E-state index in [4.69, 9.17) is 15.2 Å². The lowest BCUT2D eigenvalue weighted by Crippen LogP contribution is -2.42. The lowest BCUT2D eigenvalue weighted by Gasteiger charge is -2.20. The number of hydrogen-bond donors (Lipinski definition) is 1. The number of rotatable bonds is 10. The van der Waals surface area contributed by atoms with Crippen molar-refractivity contribution in [2.45, 2.75) is 32.2 Å². The van der Waals surface area contributed by atoms with Crippen LogP contribution >= 0.6 is 0 Å². The molecule has 1 atom stereocenters. The van der Waals surface area contributed by atoms with Crippen LogP contribution in [0.1, 0.15) is 26.2 Å². The van der Waals surface area contributed by atoms with Crippen LogP contribution in [-0.2, 0) is 14.3 Å². The smallest absolute Gasteiger partial charge is 0.239 e. The Morgan fingerprint density at radius 2 is 2.06 bits per heavy atom. The number of carbonyl (C=O) groups is 1. The summed E-state index contributed by atoms with van der Waals surface area (Å²) in [7, 11) is 3.43. The molecule has 0 fully saturated rings. The van der Waals surface area contributed by atoms with E-state index in [0.29, 0.717) is 26.4 Å². The summed E-state index contributed by atoms with van der Waals surface area (Å²) in [5.74, 6) is -0.00709. The highest BCUT2D eigenvalue weighted by molar-refractivity contribution is 5.81. The molecule has 0 heterocycles. The molecule has 102 valence electrons. The summed E-state index contributed by atoms with van der Waals surface area (Å²) < 4.78 is 10.3. The zero-order valence-corrected chi connectivity index (χ0v) is 11.3. The Balaban J connectivity index is 3.57. The average Bonchev–Trinajstić information content (AvgIpc) is 2.32. The van der Waals surface area contributed by atoms with Gasteiger partial charge in [0, 0.05) is 33.9 Å². The van der Waals surface area contributed by atoms with Gasteiger partial charge in [0.1, 0.15) is 0 Å². The Morgan fingerprint density at radius 3 is 2.65 bits per heavy atom. The van der Waals surface area contributed by atoms with Gasteiger partial charge in [-0.2, -0.15) is 0 Å². The van der Waals surface area contributed by atoms with Crippen LogP contribution < -0.4 is 5.73 Å². The van der Waals surface area contributed by atoms with Crippen LogP contribution in [0.15, 0.2) is 0 Å². The highest BCUT2D eigenvalue weighted by atomic mass is 16.5. The highest BCUT2D eigenvalue weighted by Gasteiger charge is 2.16. The van der Waals surface area contributed by atoms with Crippen molar-refractivity contribution in [3.8, 4) is 0 Å². The molecule has 0 aliphatic rings. The van der Waals surface area contributed by atoms with Crippen LogP contribution in [0.4, 0.5) is 0 Å². The van der Waals surface area contributed by atoms with Crippen molar-refractivity contribution in [1.82, 2.24) is 4.90 Å². The molecule has 5 nitrogen and oxygen atoms in total. The maximum atomic E-state index is 11.7. The number of likely N-dealkylation sites (N-methyl/N-ethyl adjacent to an activating group) is 1. The van der Waals surface area contributed by atoms with Crippen LogP contribution in [0.2, 0.25) is 0 Å². The van der Waals surface area contributed by atoms with Crippen molar-refractivity contribution >= 4 is 5.91 Å². The summed E-state index contributed by atoms with van der Waals surface area (Å²) in [6.07, 6.45) is 2.54. The molecule has 0 bridgehead atoms. The first-order valence-electron chi connectivity index (χ1n) is 6.20. The molecule has 5 heteroatoms. The van der Waals surface area contributed by atoms with E-state index in [2.05, 4.69) is 0 Å². The van der Waals surface area contributed by atoms with Crippen molar-refractivity contribution in [1.29, 1.82) is 0 Å². The molecule has 0 saturated heterocycles. The minimum atomic E-state index is -0.376. The third kappa shape index (κ3) is 8.12. The fourth-order valence-corrected chi connectivity index (χ4v) is 1.44. The number of ether oxygens (including phenoxy) is 2. The minimum absolute atomic E-state index is 0.00709. The van der Waals surface area contributed by atoms with E-state index in [1.54, 1.807) is 19.1 Å². The van der Waals surface area contributed by atoms with Gasteiger partial charge < -0.3 is 20.1 Å². The quantitative estimate of drug-likeness (QED) is 0.574. The molecule has 1 unspecified atom stereocenters. The van der Waals surface area contributed by atoms with Gasteiger partial charge in [0.25, 0.3) is 0 Å². The molecule has 0 aliphatic heterocycles. The molecular formula is C12H26N2O3. The van der Waals surface area contributed by atoms with E-state index >= 15 is 0 Å². The number of methoxy groups -OCH3 is 1. The van der Waals surface area contributed by atoms with Crippen molar-refractivity contribution in [2.24, 2.45) is 5.73 Å². The van der Waals surface area contributed by atoms with Crippen molar-refractivity contribution < 1.29 is 14.3 Å². The van der Waals surface area contributed by atoms with Crippen LogP contribution in [0.5, 0.6) is 0 Å². The standard InChI is InChI=1S/C12H26N2O3/c1-4-6-11(13)12(15)14(2)7-10-17-9-5-8-16-3/h11H,4-10,13H2,1-3H3. The predicted octanol–water partition coefficient (Wildman–Crippen LogP) is 0.625. The lowest BCUT2D eigenvalue weighted by molar-refractivity contribution is -0.132. The van der Waals surface area contributed by atoms with Crippen molar-refractivity contribution in [3.05, 3.63) is 0 Å². The first-order chi connectivity index (χ1) is 8.13. The monoisotopic (exact) mass is 246 g/mol. The van der Waals surface area contributed by atoms with Crippen LogP contribution in [0, 0.1) is 0 Å². The minimum Gasteiger partial charge on any atom is -0.385 e. The number of nitrogens with zero attached hydrogens (tertiary/aromatic N) is 1.